The van der Waals surface area contributed by atoms with Crippen LogP contribution in [-0.2, 0) is 11.3 Å². The number of ether oxygens (including phenoxy) is 1. The predicted molar refractivity (Wildman–Crippen MR) is 75.3 cm³/mol. The van der Waals surface area contributed by atoms with Gasteiger partial charge in [0.1, 0.15) is 5.60 Å². The zero-order chi connectivity index (χ0) is 14.8. The Labute approximate surface area is 119 Å². The molecule has 1 fully saturated rings. The molecule has 110 valence electrons. The van der Waals surface area contributed by atoms with Crippen LogP contribution in [-0.4, -0.2) is 39.8 Å². The highest BCUT2D eigenvalue weighted by Crippen LogP contribution is 2.28. The number of carbonyl (C=O) groups is 1. The van der Waals surface area contributed by atoms with Gasteiger partial charge in [0.2, 0.25) is 0 Å². The van der Waals surface area contributed by atoms with E-state index in [0.29, 0.717) is 18.8 Å². The molecule has 1 aromatic rings. The van der Waals surface area contributed by atoms with E-state index in [1.807, 2.05) is 32.9 Å². The lowest BCUT2D eigenvalue weighted by Gasteiger charge is -2.24. The number of hydrogen-bond donors (Lipinski definition) is 1. The topological polar surface area (TPSA) is 62.7 Å². The van der Waals surface area contributed by atoms with Crippen molar-refractivity contribution < 1.29 is 14.6 Å². The normalized spacial score (nSPS) is 19.2. The Hall–Kier alpha value is -1.62. The van der Waals surface area contributed by atoms with Gasteiger partial charge in [0, 0.05) is 25.2 Å². The van der Waals surface area contributed by atoms with Crippen LogP contribution >= 0.6 is 0 Å². The van der Waals surface area contributed by atoms with Crippen molar-refractivity contribution in [3.63, 3.8) is 0 Å². The van der Waals surface area contributed by atoms with Gasteiger partial charge in [0.15, 0.2) is 0 Å². The number of rotatable bonds is 2. The van der Waals surface area contributed by atoms with Gasteiger partial charge in [-0.15, -0.1) is 0 Å². The molecule has 1 aliphatic heterocycles. The van der Waals surface area contributed by atoms with Crippen molar-refractivity contribution >= 4 is 6.09 Å². The summed E-state index contributed by atoms with van der Waals surface area (Å²) in [7, 11) is 0. The average Bonchev–Trinajstić information content (AvgIpc) is 2.86. The van der Waals surface area contributed by atoms with Gasteiger partial charge in [-0.3, -0.25) is 4.98 Å². The molecule has 2 heterocycles. The summed E-state index contributed by atoms with van der Waals surface area (Å²) in [5.41, 5.74) is 1.32. The zero-order valence-electron chi connectivity index (χ0n) is 12.3. The molecule has 0 aromatic carbocycles. The lowest BCUT2D eigenvalue weighted by atomic mass is 9.99. The molecule has 1 saturated heterocycles. The summed E-state index contributed by atoms with van der Waals surface area (Å²) in [4.78, 5) is 17.8. The van der Waals surface area contributed by atoms with E-state index in [-0.39, 0.29) is 18.6 Å². The Balaban J connectivity index is 1.99. The highest BCUT2D eigenvalue weighted by atomic mass is 16.6. The minimum atomic E-state index is -0.462. The molecule has 1 aromatic heterocycles. The predicted octanol–water partition coefficient (Wildman–Crippen LogP) is 2.30. The van der Waals surface area contributed by atoms with Gasteiger partial charge < -0.3 is 14.7 Å². The Morgan fingerprint density at radius 1 is 1.55 bits per heavy atom. The lowest BCUT2D eigenvalue weighted by molar-refractivity contribution is 0.0292. The van der Waals surface area contributed by atoms with E-state index in [2.05, 4.69) is 4.98 Å². The van der Waals surface area contributed by atoms with Crippen molar-refractivity contribution in [1.29, 1.82) is 0 Å². The smallest absolute Gasteiger partial charge is 0.410 e. The van der Waals surface area contributed by atoms with E-state index < -0.39 is 5.60 Å². The van der Waals surface area contributed by atoms with Gasteiger partial charge in [-0.2, -0.15) is 0 Å². The number of pyridine rings is 1. The molecule has 1 aliphatic rings. The van der Waals surface area contributed by atoms with Gasteiger partial charge in [-0.05, 0) is 44.9 Å². The van der Waals surface area contributed by atoms with E-state index in [9.17, 15) is 4.79 Å². The van der Waals surface area contributed by atoms with Crippen molar-refractivity contribution in [3.8, 4) is 0 Å². The Bertz CT molecular complexity index is 482. The Morgan fingerprint density at radius 3 is 2.95 bits per heavy atom. The Morgan fingerprint density at radius 2 is 2.30 bits per heavy atom. The number of hydrogen-bond acceptors (Lipinski definition) is 4. The van der Waals surface area contributed by atoms with Crippen molar-refractivity contribution in [2.24, 2.45) is 0 Å². The number of amides is 1. The summed E-state index contributed by atoms with van der Waals surface area (Å²) in [5, 5.41) is 9.13. The van der Waals surface area contributed by atoms with Gasteiger partial charge in [0.25, 0.3) is 0 Å². The fourth-order valence-electron chi connectivity index (χ4n) is 2.36. The summed E-state index contributed by atoms with van der Waals surface area (Å²) >= 11 is 0. The molecule has 0 radical (unpaired) electrons. The van der Waals surface area contributed by atoms with Gasteiger partial charge in [-0.25, -0.2) is 4.79 Å². The standard InChI is InChI=1S/C15H22N2O3/c1-15(2,3)20-14(19)17-7-5-12(9-17)11-4-6-16-13(8-11)10-18/h4,6,8,12,18H,5,7,9-10H2,1-3H3/t12-/m1/s1. The largest absolute Gasteiger partial charge is 0.444 e. The third-order valence-electron chi connectivity index (χ3n) is 3.31. The second kappa shape index (κ2) is 5.79. The second-order valence-electron chi connectivity index (χ2n) is 6.15. The lowest BCUT2D eigenvalue weighted by Crippen LogP contribution is -2.35. The van der Waals surface area contributed by atoms with E-state index in [1.54, 1.807) is 11.1 Å². The van der Waals surface area contributed by atoms with Crippen LogP contribution in [0.4, 0.5) is 4.79 Å². The zero-order valence-corrected chi connectivity index (χ0v) is 12.3. The van der Waals surface area contributed by atoms with E-state index in [4.69, 9.17) is 9.84 Å². The molecule has 1 atom stereocenters. The first-order valence-corrected chi connectivity index (χ1v) is 6.92. The van der Waals surface area contributed by atoms with E-state index in [0.717, 1.165) is 12.0 Å². The van der Waals surface area contributed by atoms with Crippen LogP contribution in [0, 0.1) is 0 Å². The number of aromatic nitrogens is 1. The molecule has 0 bridgehead atoms. The summed E-state index contributed by atoms with van der Waals surface area (Å²) in [6.45, 7) is 6.91. The molecular formula is C15H22N2O3. The first kappa shape index (κ1) is 14.8. The summed E-state index contributed by atoms with van der Waals surface area (Å²) in [5.74, 6) is 0.288. The maximum atomic E-state index is 12.0. The Kier molecular flexibility index (Phi) is 4.28. The van der Waals surface area contributed by atoms with Crippen LogP contribution in [0.15, 0.2) is 18.3 Å². The molecule has 2 rings (SSSR count). The van der Waals surface area contributed by atoms with Crippen LogP contribution in [0.1, 0.15) is 44.4 Å². The molecule has 20 heavy (non-hydrogen) atoms. The maximum Gasteiger partial charge on any atom is 0.410 e. The van der Waals surface area contributed by atoms with Crippen LogP contribution in [0.5, 0.6) is 0 Å². The third kappa shape index (κ3) is 3.70. The SMILES string of the molecule is CC(C)(C)OC(=O)N1CC[C@@H](c2ccnc(CO)c2)C1. The molecule has 5 heteroatoms. The van der Waals surface area contributed by atoms with Crippen molar-refractivity contribution in [2.75, 3.05) is 13.1 Å². The fraction of sp³-hybridized carbons (Fsp3) is 0.600. The average molecular weight is 278 g/mol. The minimum absolute atomic E-state index is 0.0592. The van der Waals surface area contributed by atoms with Crippen LogP contribution in [0.3, 0.4) is 0 Å². The highest BCUT2D eigenvalue weighted by Gasteiger charge is 2.30. The highest BCUT2D eigenvalue weighted by molar-refractivity contribution is 5.68. The monoisotopic (exact) mass is 278 g/mol. The number of carbonyl (C=O) groups excluding carboxylic acids is 1. The van der Waals surface area contributed by atoms with Crippen molar-refractivity contribution in [1.82, 2.24) is 9.88 Å². The molecule has 0 unspecified atom stereocenters. The summed E-state index contributed by atoms with van der Waals surface area (Å²) < 4.78 is 5.39. The molecule has 1 amide bonds. The molecule has 0 saturated carbocycles. The minimum Gasteiger partial charge on any atom is -0.444 e. The molecule has 5 nitrogen and oxygen atoms in total. The quantitative estimate of drug-likeness (QED) is 0.901. The van der Waals surface area contributed by atoms with Gasteiger partial charge >= 0.3 is 6.09 Å². The number of nitrogens with zero attached hydrogens (tertiary/aromatic N) is 2. The van der Waals surface area contributed by atoms with Crippen molar-refractivity contribution in [3.05, 3.63) is 29.6 Å². The van der Waals surface area contributed by atoms with Gasteiger partial charge in [-0.1, -0.05) is 0 Å². The maximum absolute atomic E-state index is 12.0. The first-order chi connectivity index (χ1) is 9.39. The second-order valence-corrected chi connectivity index (χ2v) is 6.15. The fourth-order valence-corrected chi connectivity index (χ4v) is 2.36. The van der Waals surface area contributed by atoms with Crippen molar-refractivity contribution in [2.45, 2.75) is 45.3 Å². The third-order valence-corrected chi connectivity index (χ3v) is 3.31. The number of aliphatic hydroxyl groups excluding tert-OH is 1. The molecule has 0 aliphatic carbocycles. The van der Waals surface area contributed by atoms with Gasteiger partial charge in [0.05, 0.1) is 12.3 Å². The van der Waals surface area contributed by atoms with E-state index >= 15 is 0 Å². The van der Waals surface area contributed by atoms with E-state index in [1.165, 1.54) is 0 Å². The van der Waals surface area contributed by atoms with Crippen LogP contribution < -0.4 is 0 Å². The number of likely N-dealkylation sites (tertiary alicyclic amines) is 1. The first-order valence-electron chi connectivity index (χ1n) is 6.92. The molecule has 1 N–H and O–H groups in total. The summed E-state index contributed by atoms with van der Waals surface area (Å²) in [6.07, 6.45) is 2.36. The molecule has 0 spiro atoms. The van der Waals surface area contributed by atoms with Crippen LogP contribution in [0.2, 0.25) is 0 Å². The number of aliphatic hydroxyl groups is 1. The summed E-state index contributed by atoms with van der Waals surface area (Å²) in [6, 6.07) is 3.85. The van der Waals surface area contributed by atoms with Crippen LogP contribution in [0.25, 0.3) is 0 Å². The molecular weight excluding hydrogens is 256 g/mol.